The number of aromatic nitrogens is 3. The lowest BCUT2D eigenvalue weighted by Gasteiger charge is -2.22. The molecule has 1 aliphatic heterocycles. The molecule has 29 heavy (non-hydrogen) atoms. The SMILES string of the molecule is C[C@H]1CCN(C(=O)COC(=O)c2ccc(-n3cncn3)cc2)c2ccccc2S1. The fourth-order valence-corrected chi connectivity index (χ4v) is 4.24. The highest BCUT2D eigenvalue weighted by Crippen LogP contribution is 2.37. The normalized spacial score (nSPS) is 16.0. The minimum atomic E-state index is -0.533. The Balaban J connectivity index is 1.41. The number of nitrogens with zero attached hydrogens (tertiary/aromatic N) is 4. The molecule has 7 nitrogen and oxygen atoms in total. The molecule has 1 atom stereocenters. The number of hydrogen-bond acceptors (Lipinski definition) is 6. The average molecular weight is 408 g/mol. The highest BCUT2D eigenvalue weighted by Gasteiger charge is 2.25. The van der Waals surface area contributed by atoms with Crippen LogP contribution in [0.4, 0.5) is 5.69 Å². The molecule has 2 heterocycles. The lowest BCUT2D eigenvalue weighted by atomic mass is 10.2. The monoisotopic (exact) mass is 408 g/mol. The zero-order chi connectivity index (χ0) is 20.2. The molecule has 0 aliphatic carbocycles. The van der Waals surface area contributed by atoms with E-state index in [0.29, 0.717) is 17.4 Å². The maximum Gasteiger partial charge on any atom is 0.338 e. The standard InChI is InChI=1S/C21H20N4O3S/c1-15-10-11-24(18-4-2-3-5-19(18)29-15)20(26)12-28-21(27)16-6-8-17(9-7-16)25-14-22-13-23-25/h2-9,13-15H,10-12H2,1H3/t15-/m0/s1. The minimum Gasteiger partial charge on any atom is -0.452 e. The van der Waals surface area contributed by atoms with Gasteiger partial charge in [0, 0.05) is 16.7 Å². The summed E-state index contributed by atoms with van der Waals surface area (Å²) in [5, 5.41) is 4.46. The number of hydrogen-bond donors (Lipinski definition) is 0. The molecule has 2 aromatic carbocycles. The van der Waals surface area contributed by atoms with Crippen LogP contribution >= 0.6 is 11.8 Å². The molecule has 0 radical (unpaired) electrons. The van der Waals surface area contributed by atoms with Gasteiger partial charge in [0.2, 0.25) is 0 Å². The summed E-state index contributed by atoms with van der Waals surface area (Å²) in [7, 11) is 0. The molecule has 8 heteroatoms. The van der Waals surface area contributed by atoms with Crippen molar-refractivity contribution < 1.29 is 14.3 Å². The minimum absolute atomic E-state index is 0.222. The van der Waals surface area contributed by atoms with Crippen LogP contribution < -0.4 is 4.90 Å². The third kappa shape index (κ3) is 4.32. The molecule has 148 valence electrons. The molecular formula is C21H20N4O3S. The molecule has 0 spiro atoms. The van der Waals surface area contributed by atoms with E-state index in [1.165, 1.54) is 6.33 Å². The van der Waals surface area contributed by atoms with Gasteiger partial charge in [-0.15, -0.1) is 11.8 Å². The van der Waals surface area contributed by atoms with Crippen molar-refractivity contribution >= 4 is 29.3 Å². The number of anilines is 1. The molecule has 3 aromatic rings. The number of amides is 1. The van der Waals surface area contributed by atoms with E-state index in [-0.39, 0.29) is 12.5 Å². The largest absolute Gasteiger partial charge is 0.452 e. The summed E-state index contributed by atoms with van der Waals surface area (Å²) in [5.74, 6) is -0.755. The third-order valence-corrected chi connectivity index (χ3v) is 5.89. The number of rotatable bonds is 4. The van der Waals surface area contributed by atoms with Crippen molar-refractivity contribution in [1.82, 2.24) is 14.8 Å². The van der Waals surface area contributed by atoms with Crippen LogP contribution in [0.25, 0.3) is 5.69 Å². The van der Waals surface area contributed by atoms with Crippen LogP contribution in [0.5, 0.6) is 0 Å². The molecule has 1 amide bonds. The van der Waals surface area contributed by atoms with Crippen LogP contribution in [-0.4, -0.2) is 45.0 Å². The van der Waals surface area contributed by atoms with Crippen molar-refractivity contribution in [1.29, 1.82) is 0 Å². The van der Waals surface area contributed by atoms with E-state index in [2.05, 4.69) is 17.0 Å². The Morgan fingerprint density at radius 3 is 2.72 bits per heavy atom. The van der Waals surface area contributed by atoms with E-state index in [9.17, 15) is 9.59 Å². The molecule has 0 saturated heterocycles. The smallest absolute Gasteiger partial charge is 0.338 e. The van der Waals surface area contributed by atoms with Crippen LogP contribution in [0.15, 0.2) is 66.1 Å². The molecule has 0 bridgehead atoms. The topological polar surface area (TPSA) is 77.3 Å². The van der Waals surface area contributed by atoms with Gasteiger partial charge in [0.15, 0.2) is 6.61 Å². The molecule has 0 saturated carbocycles. The van der Waals surface area contributed by atoms with Crippen molar-refractivity contribution in [2.75, 3.05) is 18.1 Å². The highest BCUT2D eigenvalue weighted by molar-refractivity contribution is 8.00. The second-order valence-electron chi connectivity index (χ2n) is 6.69. The van der Waals surface area contributed by atoms with Gasteiger partial charge in [-0.05, 0) is 42.8 Å². The van der Waals surface area contributed by atoms with Gasteiger partial charge in [0.1, 0.15) is 12.7 Å². The summed E-state index contributed by atoms with van der Waals surface area (Å²) in [6.07, 6.45) is 3.89. The highest BCUT2D eigenvalue weighted by atomic mass is 32.2. The first kappa shape index (κ1) is 19.2. The van der Waals surface area contributed by atoms with E-state index in [1.54, 1.807) is 51.9 Å². The third-order valence-electron chi connectivity index (χ3n) is 4.66. The maximum atomic E-state index is 12.8. The number of carbonyl (C=O) groups is 2. The molecule has 1 aromatic heterocycles. The second kappa shape index (κ2) is 8.48. The van der Waals surface area contributed by atoms with E-state index < -0.39 is 5.97 Å². The first-order chi connectivity index (χ1) is 14.1. The van der Waals surface area contributed by atoms with Crippen LogP contribution in [0.1, 0.15) is 23.7 Å². The molecule has 0 N–H and O–H groups in total. The van der Waals surface area contributed by atoms with Crippen molar-refractivity contribution in [2.24, 2.45) is 0 Å². The Kier molecular flexibility index (Phi) is 5.62. The molecule has 4 rings (SSSR count). The van der Waals surface area contributed by atoms with Gasteiger partial charge < -0.3 is 9.64 Å². The van der Waals surface area contributed by atoms with Crippen LogP contribution in [0.3, 0.4) is 0 Å². The van der Waals surface area contributed by atoms with Crippen molar-refractivity contribution in [2.45, 2.75) is 23.5 Å². The molecule has 1 aliphatic rings. The van der Waals surface area contributed by atoms with Crippen LogP contribution in [-0.2, 0) is 9.53 Å². The number of esters is 1. The number of benzene rings is 2. The number of fused-ring (bicyclic) bond motifs is 1. The zero-order valence-electron chi connectivity index (χ0n) is 15.9. The predicted molar refractivity (Wildman–Crippen MR) is 110 cm³/mol. The van der Waals surface area contributed by atoms with Gasteiger partial charge in [0.25, 0.3) is 5.91 Å². The number of thioether (sulfide) groups is 1. The fourth-order valence-electron chi connectivity index (χ4n) is 3.13. The Bertz CT molecular complexity index is 1010. The summed E-state index contributed by atoms with van der Waals surface area (Å²) in [6, 6.07) is 14.6. The van der Waals surface area contributed by atoms with E-state index in [0.717, 1.165) is 22.7 Å². The number of para-hydroxylation sites is 1. The van der Waals surface area contributed by atoms with Crippen molar-refractivity contribution in [3.8, 4) is 5.69 Å². The first-order valence-electron chi connectivity index (χ1n) is 9.30. The summed E-state index contributed by atoms with van der Waals surface area (Å²) >= 11 is 1.76. The van der Waals surface area contributed by atoms with E-state index in [1.807, 2.05) is 24.3 Å². The Hall–Kier alpha value is -3.13. The zero-order valence-corrected chi connectivity index (χ0v) is 16.7. The van der Waals surface area contributed by atoms with E-state index >= 15 is 0 Å². The Labute approximate surface area is 172 Å². The number of carbonyl (C=O) groups excluding carboxylic acids is 2. The quantitative estimate of drug-likeness (QED) is 0.616. The van der Waals surface area contributed by atoms with Gasteiger partial charge in [-0.25, -0.2) is 14.5 Å². The summed E-state index contributed by atoms with van der Waals surface area (Å²) in [5.41, 5.74) is 2.03. The molecule has 0 unspecified atom stereocenters. The van der Waals surface area contributed by atoms with Gasteiger partial charge in [-0.3, -0.25) is 4.79 Å². The predicted octanol–water partition coefficient (Wildman–Crippen LogP) is 3.34. The van der Waals surface area contributed by atoms with Crippen molar-refractivity contribution in [3.05, 3.63) is 66.7 Å². The van der Waals surface area contributed by atoms with E-state index in [4.69, 9.17) is 4.74 Å². The lowest BCUT2D eigenvalue weighted by Crippen LogP contribution is -2.35. The van der Waals surface area contributed by atoms with Crippen LogP contribution in [0.2, 0.25) is 0 Å². The van der Waals surface area contributed by atoms with Gasteiger partial charge in [-0.1, -0.05) is 19.1 Å². The van der Waals surface area contributed by atoms with Crippen LogP contribution in [0, 0.1) is 0 Å². The Morgan fingerprint density at radius 1 is 1.17 bits per heavy atom. The summed E-state index contributed by atoms with van der Waals surface area (Å²) in [4.78, 5) is 31.8. The van der Waals surface area contributed by atoms with Gasteiger partial charge >= 0.3 is 5.97 Å². The summed E-state index contributed by atoms with van der Waals surface area (Å²) in [6.45, 7) is 2.46. The Morgan fingerprint density at radius 2 is 1.97 bits per heavy atom. The van der Waals surface area contributed by atoms with Crippen molar-refractivity contribution in [3.63, 3.8) is 0 Å². The average Bonchev–Trinajstić information content (AvgIpc) is 3.22. The maximum absolute atomic E-state index is 12.8. The second-order valence-corrected chi connectivity index (χ2v) is 8.17. The molecule has 0 fully saturated rings. The molecular weight excluding hydrogens is 388 g/mol. The van der Waals surface area contributed by atoms with Gasteiger partial charge in [0.05, 0.1) is 16.9 Å². The van der Waals surface area contributed by atoms with Gasteiger partial charge in [-0.2, -0.15) is 5.10 Å². The first-order valence-corrected chi connectivity index (χ1v) is 10.2. The fraction of sp³-hybridized carbons (Fsp3) is 0.238. The summed E-state index contributed by atoms with van der Waals surface area (Å²) < 4.78 is 6.88. The lowest BCUT2D eigenvalue weighted by molar-refractivity contribution is -0.121. The number of ether oxygens (including phenoxy) is 1.